The zero-order valence-corrected chi connectivity index (χ0v) is 18.1. The number of hydrogen-bond acceptors (Lipinski definition) is 3. The van der Waals surface area contributed by atoms with Crippen molar-refractivity contribution >= 4 is 30.2 Å². The maximum atomic E-state index is 12.9. The van der Waals surface area contributed by atoms with Gasteiger partial charge in [0.15, 0.2) is 5.82 Å². The molecule has 2 heterocycles. The van der Waals surface area contributed by atoms with Crippen LogP contribution in [-0.2, 0) is 0 Å². The van der Waals surface area contributed by atoms with Gasteiger partial charge in [0, 0.05) is 37.6 Å². The van der Waals surface area contributed by atoms with Gasteiger partial charge in [-0.3, -0.25) is 0 Å². The Kier molecular flexibility index (Phi) is 6.81. The van der Waals surface area contributed by atoms with Crippen LogP contribution in [0.3, 0.4) is 0 Å². The average Bonchev–Trinajstić information content (AvgIpc) is 3.25. The molecule has 1 aliphatic rings. The van der Waals surface area contributed by atoms with E-state index in [1.54, 1.807) is 25.4 Å². The molecule has 1 aromatic heterocycles. The van der Waals surface area contributed by atoms with Crippen molar-refractivity contribution in [2.45, 2.75) is 26.4 Å². The molecule has 10 heteroatoms. The monoisotopic (exact) mass is 446 g/mol. The Hall–Kier alpha value is -3.43. The Bertz CT molecular complexity index is 1050. The van der Waals surface area contributed by atoms with E-state index in [1.165, 1.54) is 4.90 Å². The summed E-state index contributed by atoms with van der Waals surface area (Å²) in [6.07, 6.45) is -2.69. The highest BCUT2D eigenvalue weighted by molar-refractivity contribution is 5.91. The number of halogens is 3. The molecule has 1 aromatic carbocycles. The van der Waals surface area contributed by atoms with Crippen molar-refractivity contribution < 1.29 is 18.0 Å². The average molecular weight is 446 g/mol. The topological polar surface area (TPSA) is 82.0 Å². The number of anilines is 1. The number of rotatable bonds is 3. The number of guanidine groups is 1. The quantitative estimate of drug-likeness (QED) is 0.530. The summed E-state index contributed by atoms with van der Waals surface area (Å²) >= 11 is 0. The van der Waals surface area contributed by atoms with Gasteiger partial charge in [-0.2, -0.15) is 18.2 Å². The molecule has 1 aliphatic heterocycles. The number of aromatic nitrogens is 1. The second-order valence-corrected chi connectivity index (χ2v) is 7.64. The summed E-state index contributed by atoms with van der Waals surface area (Å²) in [4.78, 5) is 26.1. The van der Waals surface area contributed by atoms with Crippen molar-refractivity contribution in [2.75, 3.05) is 25.5 Å². The normalized spacial score (nSPS) is 16.8. The smallest absolute Gasteiger partial charge is 0.357 e. The third-order valence-corrected chi connectivity index (χ3v) is 5.37. The fourth-order valence-electron chi connectivity index (χ4n) is 3.53. The first-order valence-corrected chi connectivity index (χ1v) is 10.1. The van der Waals surface area contributed by atoms with Crippen molar-refractivity contribution in [3.05, 3.63) is 41.6 Å². The van der Waals surface area contributed by atoms with Crippen molar-refractivity contribution in [2.24, 2.45) is 15.9 Å². The van der Waals surface area contributed by atoms with Crippen LogP contribution in [-0.4, -0.2) is 54.9 Å². The number of benzene rings is 1. The Balaban J connectivity index is 1.79. The van der Waals surface area contributed by atoms with E-state index in [2.05, 4.69) is 32.3 Å². The van der Waals surface area contributed by atoms with Crippen LogP contribution >= 0.6 is 0 Å². The van der Waals surface area contributed by atoms with E-state index in [9.17, 15) is 18.0 Å². The molecule has 170 valence electrons. The molecule has 0 radical (unpaired) electrons. The molecule has 32 heavy (non-hydrogen) atoms. The lowest BCUT2D eigenvalue weighted by Crippen LogP contribution is -2.35. The van der Waals surface area contributed by atoms with Crippen LogP contribution in [0.25, 0.3) is 11.1 Å². The maximum absolute atomic E-state index is 12.9. The molecular formula is C22H25F3N6O. The first-order chi connectivity index (χ1) is 15.1. The van der Waals surface area contributed by atoms with Crippen molar-refractivity contribution in [1.29, 1.82) is 0 Å². The SMILES string of the molecule is C=N/C(=N\c1ncc(-c2cc(NC(=O)N3CCC(C(F)(F)F)C3)ccc2C)cc1C)NC. The molecule has 0 aliphatic carbocycles. The molecule has 2 N–H and O–H groups in total. The molecule has 0 bridgehead atoms. The molecule has 2 amide bonds. The molecule has 2 aromatic rings. The van der Waals surface area contributed by atoms with Gasteiger partial charge in [-0.1, -0.05) is 6.07 Å². The molecule has 1 atom stereocenters. The number of pyridine rings is 1. The zero-order chi connectivity index (χ0) is 23.5. The summed E-state index contributed by atoms with van der Waals surface area (Å²) in [7, 11) is 1.69. The number of urea groups is 1. The van der Waals surface area contributed by atoms with E-state index in [0.29, 0.717) is 17.5 Å². The van der Waals surface area contributed by atoms with E-state index in [0.717, 1.165) is 22.3 Å². The number of aliphatic imine (C=N–C) groups is 2. The lowest BCUT2D eigenvalue weighted by molar-refractivity contribution is -0.169. The molecule has 1 fully saturated rings. The van der Waals surface area contributed by atoms with E-state index >= 15 is 0 Å². The number of nitrogens with zero attached hydrogens (tertiary/aromatic N) is 4. The van der Waals surface area contributed by atoms with Crippen molar-refractivity contribution in [1.82, 2.24) is 15.2 Å². The number of amides is 2. The van der Waals surface area contributed by atoms with Gasteiger partial charge in [-0.05, 0) is 61.9 Å². The summed E-state index contributed by atoms with van der Waals surface area (Å²) < 4.78 is 38.7. The third-order valence-electron chi connectivity index (χ3n) is 5.37. The molecule has 0 saturated carbocycles. The number of alkyl halides is 3. The minimum absolute atomic E-state index is 0.0769. The second-order valence-electron chi connectivity index (χ2n) is 7.64. The molecule has 3 rings (SSSR count). The summed E-state index contributed by atoms with van der Waals surface area (Å²) in [6.45, 7) is 7.00. The van der Waals surface area contributed by atoms with Gasteiger partial charge in [0.05, 0.1) is 5.92 Å². The van der Waals surface area contributed by atoms with Crippen LogP contribution in [0.4, 0.5) is 29.5 Å². The largest absolute Gasteiger partial charge is 0.393 e. The predicted molar refractivity (Wildman–Crippen MR) is 120 cm³/mol. The maximum Gasteiger partial charge on any atom is 0.393 e. The predicted octanol–water partition coefficient (Wildman–Crippen LogP) is 4.69. The Morgan fingerprint density at radius 1 is 1.25 bits per heavy atom. The lowest BCUT2D eigenvalue weighted by atomic mass is 10.00. The number of aryl methyl sites for hydroxylation is 2. The van der Waals surface area contributed by atoms with Gasteiger partial charge in [-0.15, -0.1) is 0 Å². The first kappa shape index (κ1) is 23.2. The number of nitrogens with one attached hydrogen (secondary N) is 2. The highest BCUT2D eigenvalue weighted by Gasteiger charge is 2.44. The van der Waals surface area contributed by atoms with Gasteiger partial charge in [0.25, 0.3) is 0 Å². The van der Waals surface area contributed by atoms with Gasteiger partial charge in [0.2, 0.25) is 5.96 Å². The lowest BCUT2D eigenvalue weighted by Gasteiger charge is -2.19. The number of carbonyl (C=O) groups is 1. The minimum atomic E-state index is -4.29. The molecule has 1 unspecified atom stereocenters. The Labute approximate surface area is 184 Å². The van der Waals surface area contributed by atoms with Crippen LogP contribution in [0.2, 0.25) is 0 Å². The Morgan fingerprint density at radius 3 is 2.59 bits per heavy atom. The first-order valence-electron chi connectivity index (χ1n) is 10.1. The van der Waals surface area contributed by atoms with Gasteiger partial charge < -0.3 is 15.5 Å². The van der Waals surface area contributed by atoms with Gasteiger partial charge >= 0.3 is 12.2 Å². The van der Waals surface area contributed by atoms with Crippen LogP contribution in [0.1, 0.15) is 17.5 Å². The number of carbonyl (C=O) groups excluding carboxylic acids is 1. The van der Waals surface area contributed by atoms with E-state index in [1.807, 2.05) is 26.0 Å². The number of likely N-dealkylation sites (tertiary alicyclic amines) is 1. The second kappa shape index (κ2) is 9.37. The minimum Gasteiger partial charge on any atom is -0.357 e. The molecule has 0 spiro atoms. The fourth-order valence-corrected chi connectivity index (χ4v) is 3.53. The molecule has 7 nitrogen and oxygen atoms in total. The van der Waals surface area contributed by atoms with Crippen LogP contribution in [0, 0.1) is 19.8 Å². The summed E-state index contributed by atoms with van der Waals surface area (Å²) in [5.74, 6) is -0.624. The van der Waals surface area contributed by atoms with Crippen LogP contribution < -0.4 is 10.6 Å². The fraction of sp³-hybridized carbons (Fsp3) is 0.364. The van der Waals surface area contributed by atoms with E-state index in [4.69, 9.17) is 0 Å². The summed E-state index contributed by atoms with van der Waals surface area (Å²) in [6, 6.07) is 6.73. The zero-order valence-electron chi connectivity index (χ0n) is 18.1. The standard InChI is InChI=1S/C22H25F3N6O/c1-13-5-6-17(29-21(32)31-8-7-16(12-31)22(23,24)25)10-18(13)15-9-14(2)19(28-11-15)30-20(26-3)27-4/h5-6,9-11,16H,3,7-8,12H2,1-2,4H3,(H,29,32)(H,27,28,30). The molecular weight excluding hydrogens is 421 g/mol. The van der Waals surface area contributed by atoms with E-state index < -0.39 is 18.1 Å². The highest BCUT2D eigenvalue weighted by atomic mass is 19.4. The number of hydrogen-bond donors (Lipinski definition) is 2. The van der Waals surface area contributed by atoms with E-state index in [-0.39, 0.29) is 19.5 Å². The van der Waals surface area contributed by atoms with Crippen LogP contribution in [0.15, 0.2) is 40.4 Å². The van der Waals surface area contributed by atoms with Crippen molar-refractivity contribution in [3.63, 3.8) is 0 Å². The Morgan fingerprint density at radius 2 is 2.00 bits per heavy atom. The van der Waals surface area contributed by atoms with Crippen LogP contribution in [0.5, 0.6) is 0 Å². The summed E-state index contributed by atoms with van der Waals surface area (Å²) in [5, 5.41) is 5.53. The summed E-state index contributed by atoms with van der Waals surface area (Å²) in [5.41, 5.74) is 3.95. The third kappa shape index (κ3) is 5.24. The van der Waals surface area contributed by atoms with Crippen molar-refractivity contribution in [3.8, 4) is 11.1 Å². The molecule has 1 saturated heterocycles. The highest BCUT2D eigenvalue weighted by Crippen LogP contribution is 2.34. The van der Waals surface area contributed by atoms with Gasteiger partial charge in [-0.25, -0.2) is 14.8 Å². The van der Waals surface area contributed by atoms with Gasteiger partial charge in [0.1, 0.15) is 0 Å².